The Kier molecular flexibility index (Phi) is 11.0. The lowest BCUT2D eigenvalue weighted by Crippen LogP contribution is -2.59. The lowest BCUT2D eigenvalue weighted by molar-refractivity contribution is -0.350. The first kappa shape index (κ1) is 30.4. The number of unbranched alkanes of at least 4 members (excludes halogenated alkanes) is 1. The highest BCUT2D eigenvalue weighted by atomic mass is 32.2. The largest absolute Gasteiger partial charge is 0.768 e. The van der Waals surface area contributed by atoms with Crippen molar-refractivity contribution >= 4 is 23.1 Å². The number of hydrogen-bond donors (Lipinski definition) is 1. The fourth-order valence-corrected chi connectivity index (χ4v) is 3.46. The van der Waals surface area contributed by atoms with Gasteiger partial charge in [0.05, 0.1) is 13.2 Å². The van der Waals surface area contributed by atoms with Crippen molar-refractivity contribution in [2.75, 3.05) is 13.2 Å². The standard InChI is InChI=1S/C18H26F7NO7S/c1-2-31-13(27)16(17(21,22)23,33-14(28)26-12-8-4-3-5-9-12)32-11-7-6-10-15(19,20)18(24,25)34(29)30/h12H,2-11H2,1H3,(H,26,28)(H,29,30)/p-1. The predicted octanol–water partition coefficient (Wildman–Crippen LogP) is 4.16. The van der Waals surface area contributed by atoms with E-state index in [2.05, 4.69) is 19.5 Å². The molecule has 0 spiro atoms. The average Bonchev–Trinajstić information content (AvgIpc) is 2.72. The molecule has 0 bridgehead atoms. The Bertz CT molecular complexity index is 717. The van der Waals surface area contributed by atoms with Crippen molar-refractivity contribution in [3.8, 4) is 0 Å². The monoisotopic (exact) mass is 532 g/mol. The summed E-state index contributed by atoms with van der Waals surface area (Å²) in [5, 5.41) is -3.19. The molecule has 1 fully saturated rings. The topological polar surface area (TPSA) is 114 Å². The molecular formula is C18H25F7NO7S-. The van der Waals surface area contributed by atoms with Crippen LogP contribution in [0.5, 0.6) is 0 Å². The van der Waals surface area contributed by atoms with Crippen LogP contribution in [0.15, 0.2) is 0 Å². The minimum absolute atomic E-state index is 0.474. The van der Waals surface area contributed by atoms with E-state index in [1.54, 1.807) is 0 Å². The van der Waals surface area contributed by atoms with E-state index in [1.807, 2.05) is 0 Å². The summed E-state index contributed by atoms with van der Waals surface area (Å²) in [4.78, 5) is 24.2. The molecule has 200 valence electrons. The normalized spacial score (nSPS) is 18.6. The summed E-state index contributed by atoms with van der Waals surface area (Å²) < 4.78 is 128. The van der Waals surface area contributed by atoms with Gasteiger partial charge in [0, 0.05) is 23.5 Å². The van der Waals surface area contributed by atoms with Gasteiger partial charge in [-0.2, -0.15) is 30.7 Å². The molecule has 1 aliphatic carbocycles. The van der Waals surface area contributed by atoms with E-state index in [0.29, 0.717) is 25.7 Å². The maximum Gasteiger partial charge on any atom is 0.468 e. The maximum atomic E-state index is 13.8. The van der Waals surface area contributed by atoms with Gasteiger partial charge in [-0.1, -0.05) is 19.3 Å². The fraction of sp³-hybridized carbons (Fsp3) is 0.889. The Morgan fingerprint density at radius 3 is 2.12 bits per heavy atom. The van der Waals surface area contributed by atoms with Gasteiger partial charge in [-0.25, -0.2) is 9.59 Å². The van der Waals surface area contributed by atoms with Crippen LogP contribution in [0.2, 0.25) is 0 Å². The van der Waals surface area contributed by atoms with Gasteiger partial charge >= 0.3 is 35.2 Å². The third-order valence-corrected chi connectivity index (χ3v) is 5.62. The van der Waals surface area contributed by atoms with Crippen LogP contribution in [0.4, 0.5) is 35.5 Å². The minimum atomic E-state index is -5.65. The number of ether oxygens (including phenoxy) is 3. The van der Waals surface area contributed by atoms with Gasteiger partial charge in [-0.05, 0) is 32.6 Å². The van der Waals surface area contributed by atoms with Crippen molar-refractivity contribution in [3.63, 3.8) is 0 Å². The van der Waals surface area contributed by atoms with Gasteiger partial charge in [0.25, 0.3) is 0 Å². The molecule has 0 aromatic heterocycles. The summed E-state index contributed by atoms with van der Waals surface area (Å²) in [6.07, 6.45) is -7.39. The average molecular weight is 532 g/mol. The lowest BCUT2D eigenvalue weighted by atomic mass is 9.96. The number of carbonyl (C=O) groups is 2. The van der Waals surface area contributed by atoms with Gasteiger partial charge in [-0.3, -0.25) is 4.21 Å². The zero-order valence-electron chi connectivity index (χ0n) is 18.1. The van der Waals surface area contributed by atoms with Crippen molar-refractivity contribution in [1.29, 1.82) is 0 Å². The van der Waals surface area contributed by atoms with E-state index in [0.717, 1.165) is 6.42 Å². The smallest absolute Gasteiger partial charge is 0.468 e. The van der Waals surface area contributed by atoms with Crippen LogP contribution < -0.4 is 5.32 Å². The molecule has 0 saturated heterocycles. The van der Waals surface area contributed by atoms with Crippen LogP contribution in [0.25, 0.3) is 0 Å². The SMILES string of the molecule is CCOC(=O)C(OCCCCC(F)(F)C(F)(F)S(=O)[O-])(OC(=O)NC1CCCCC1)C(F)(F)F. The van der Waals surface area contributed by atoms with E-state index in [-0.39, 0.29) is 0 Å². The zero-order valence-corrected chi connectivity index (χ0v) is 18.9. The Hall–Kier alpha value is -1.68. The van der Waals surface area contributed by atoms with E-state index in [9.17, 15) is 49.1 Å². The molecule has 2 atom stereocenters. The van der Waals surface area contributed by atoms with Crippen molar-refractivity contribution in [2.24, 2.45) is 0 Å². The van der Waals surface area contributed by atoms with Crippen LogP contribution in [0, 0.1) is 0 Å². The molecule has 0 radical (unpaired) electrons. The highest BCUT2D eigenvalue weighted by molar-refractivity contribution is 7.80. The van der Waals surface area contributed by atoms with E-state index >= 15 is 0 Å². The van der Waals surface area contributed by atoms with Crippen LogP contribution in [-0.4, -0.2) is 63.2 Å². The minimum Gasteiger partial charge on any atom is -0.768 e. The molecule has 1 rings (SSSR count). The van der Waals surface area contributed by atoms with E-state index in [1.165, 1.54) is 6.92 Å². The predicted molar refractivity (Wildman–Crippen MR) is 101 cm³/mol. The summed E-state index contributed by atoms with van der Waals surface area (Å²) >= 11 is -4.44. The molecule has 16 heteroatoms. The van der Waals surface area contributed by atoms with E-state index in [4.69, 9.17) is 0 Å². The highest BCUT2D eigenvalue weighted by Crippen LogP contribution is 2.40. The highest BCUT2D eigenvalue weighted by Gasteiger charge is 2.68. The number of rotatable bonds is 12. The van der Waals surface area contributed by atoms with Crippen molar-refractivity contribution in [1.82, 2.24) is 5.32 Å². The Morgan fingerprint density at radius 2 is 1.62 bits per heavy atom. The second-order valence-corrected chi connectivity index (χ2v) is 8.45. The second-order valence-electron chi connectivity index (χ2n) is 7.47. The Morgan fingerprint density at radius 1 is 1.03 bits per heavy atom. The van der Waals surface area contributed by atoms with Gasteiger partial charge in [0.1, 0.15) is 0 Å². The molecule has 1 aliphatic rings. The fourth-order valence-electron chi connectivity index (χ4n) is 3.12. The summed E-state index contributed by atoms with van der Waals surface area (Å²) in [6.45, 7) is -0.526. The molecule has 0 aromatic carbocycles. The Balaban J connectivity index is 2.89. The molecule has 0 heterocycles. The van der Waals surface area contributed by atoms with E-state index < -0.39 is 84.8 Å². The molecule has 0 aromatic rings. The first-order chi connectivity index (χ1) is 15.6. The first-order valence-electron chi connectivity index (χ1n) is 10.3. The summed E-state index contributed by atoms with van der Waals surface area (Å²) in [6, 6.07) is -0.496. The van der Waals surface area contributed by atoms with Crippen LogP contribution in [-0.2, 0) is 30.1 Å². The van der Waals surface area contributed by atoms with Crippen molar-refractivity contribution in [3.05, 3.63) is 0 Å². The van der Waals surface area contributed by atoms with Gasteiger partial charge < -0.3 is 24.1 Å². The van der Waals surface area contributed by atoms with Crippen molar-refractivity contribution in [2.45, 2.75) is 87.5 Å². The molecule has 8 nitrogen and oxygen atoms in total. The zero-order chi connectivity index (χ0) is 26.2. The molecule has 0 aliphatic heterocycles. The molecule has 1 saturated carbocycles. The second kappa shape index (κ2) is 12.3. The van der Waals surface area contributed by atoms with Gasteiger partial charge in [0.15, 0.2) is 0 Å². The molecular weight excluding hydrogens is 507 g/mol. The van der Waals surface area contributed by atoms with Gasteiger partial charge in [-0.15, -0.1) is 0 Å². The van der Waals surface area contributed by atoms with Crippen LogP contribution in [0.3, 0.4) is 0 Å². The number of hydrogen-bond acceptors (Lipinski definition) is 7. The molecule has 34 heavy (non-hydrogen) atoms. The molecule has 2 unspecified atom stereocenters. The number of esters is 1. The quantitative estimate of drug-likeness (QED) is 0.132. The summed E-state index contributed by atoms with van der Waals surface area (Å²) in [7, 11) is 0. The number of halogens is 7. The molecule has 1 amide bonds. The number of alkyl halides is 7. The number of nitrogens with one attached hydrogen (secondary N) is 1. The summed E-state index contributed by atoms with van der Waals surface area (Å²) in [5.74, 6) is -11.4. The molecule has 1 N–H and O–H groups in total. The third-order valence-electron chi connectivity index (χ3n) is 4.91. The third kappa shape index (κ3) is 7.66. The number of alkyl carbamates (subject to hydrolysis) is 1. The Labute approximate surface area is 193 Å². The maximum absolute atomic E-state index is 13.8. The van der Waals surface area contributed by atoms with Crippen LogP contribution in [0.1, 0.15) is 58.3 Å². The van der Waals surface area contributed by atoms with Gasteiger partial charge in [0.2, 0.25) is 0 Å². The summed E-state index contributed by atoms with van der Waals surface area (Å²) in [5.41, 5.74) is 0. The van der Waals surface area contributed by atoms with Crippen LogP contribution >= 0.6 is 0 Å². The van der Waals surface area contributed by atoms with Crippen molar-refractivity contribution < 1.29 is 63.3 Å². The first-order valence-corrected chi connectivity index (χ1v) is 11.4. The lowest BCUT2D eigenvalue weighted by Gasteiger charge is -2.33. The number of carbonyl (C=O) groups excluding carboxylic acids is 2. The number of amides is 1.